The monoisotopic (exact) mass is 354 g/mol. The van der Waals surface area contributed by atoms with E-state index >= 15 is 0 Å². The number of aryl methyl sites for hydroxylation is 2. The molecule has 3 aromatic heterocycles. The van der Waals surface area contributed by atoms with E-state index in [1.54, 1.807) is 0 Å². The van der Waals surface area contributed by atoms with Crippen molar-refractivity contribution in [1.82, 2.24) is 25.2 Å². The molecule has 3 rings (SSSR count). The number of rotatable bonds is 7. The molecule has 3 aromatic rings. The molecule has 0 fully saturated rings. The Hall–Kier alpha value is -2.83. The summed E-state index contributed by atoms with van der Waals surface area (Å²) >= 11 is 0. The van der Waals surface area contributed by atoms with E-state index in [2.05, 4.69) is 39.7 Å². The van der Waals surface area contributed by atoms with Crippen LogP contribution in [0.4, 0.5) is 0 Å². The lowest BCUT2D eigenvalue weighted by Crippen LogP contribution is -2.38. The first kappa shape index (κ1) is 18.0. The maximum atomic E-state index is 5.68. The zero-order chi connectivity index (χ0) is 18.4. The van der Waals surface area contributed by atoms with Gasteiger partial charge in [-0.15, -0.1) is 10.2 Å². The van der Waals surface area contributed by atoms with Crippen LogP contribution >= 0.6 is 0 Å². The predicted molar refractivity (Wildman–Crippen MR) is 102 cm³/mol. The molecule has 0 aliphatic rings. The summed E-state index contributed by atoms with van der Waals surface area (Å²) in [7, 11) is 0. The standard InChI is InChI=1S/C19H26N6O/c1-4-20-19(22-15(3)16-11-10-14(2)26-16)21-12-7-9-18-24-23-17-8-5-6-13-25(17)18/h5-6,8,10-11,13,15H,4,7,9,12H2,1-3H3,(H2,20,21,22). The van der Waals surface area contributed by atoms with Crippen molar-refractivity contribution < 1.29 is 4.42 Å². The Morgan fingerprint density at radius 1 is 1.27 bits per heavy atom. The van der Waals surface area contributed by atoms with E-state index in [1.165, 1.54) is 0 Å². The van der Waals surface area contributed by atoms with Crippen molar-refractivity contribution >= 4 is 11.6 Å². The Morgan fingerprint density at radius 2 is 2.15 bits per heavy atom. The van der Waals surface area contributed by atoms with Gasteiger partial charge in [-0.1, -0.05) is 6.07 Å². The van der Waals surface area contributed by atoms with Crippen LogP contribution in [0.1, 0.15) is 43.7 Å². The van der Waals surface area contributed by atoms with Gasteiger partial charge >= 0.3 is 0 Å². The number of furan rings is 1. The number of hydrogen-bond donors (Lipinski definition) is 2. The molecule has 0 bridgehead atoms. The lowest BCUT2D eigenvalue weighted by molar-refractivity contribution is 0.441. The molecular weight excluding hydrogens is 328 g/mol. The van der Waals surface area contributed by atoms with Crippen LogP contribution in [-0.4, -0.2) is 33.6 Å². The summed E-state index contributed by atoms with van der Waals surface area (Å²) in [5, 5.41) is 15.1. The molecule has 0 aliphatic heterocycles. The molecule has 0 amide bonds. The Balaban J connectivity index is 1.55. The van der Waals surface area contributed by atoms with Gasteiger partial charge in [0.05, 0.1) is 6.04 Å². The highest BCUT2D eigenvalue weighted by atomic mass is 16.3. The highest BCUT2D eigenvalue weighted by Crippen LogP contribution is 2.15. The molecular formula is C19H26N6O. The van der Waals surface area contributed by atoms with Crippen LogP contribution in [0, 0.1) is 6.92 Å². The van der Waals surface area contributed by atoms with E-state index in [1.807, 2.05) is 47.9 Å². The Labute approximate surface area is 153 Å². The van der Waals surface area contributed by atoms with Crippen LogP contribution in [0.25, 0.3) is 5.65 Å². The molecule has 26 heavy (non-hydrogen) atoms. The molecule has 0 aliphatic carbocycles. The van der Waals surface area contributed by atoms with Crippen molar-refractivity contribution in [2.24, 2.45) is 4.99 Å². The van der Waals surface area contributed by atoms with Gasteiger partial charge in [-0.05, 0) is 51.5 Å². The normalized spacial score (nSPS) is 13.1. The third-order valence-corrected chi connectivity index (χ3v) is 4.10. The van der Waals surface area contributed by atoms with Crippen molar-refractivity contribution in [3.05, 3.63) is 53.9 Å². The van der Waals surface area contributed by atoms with E-state index in [0.29, 0.717) is 6.54 Å². The second-order valence-electron chi connectivity index (χ2n) is 6.22. The SMILES string of the molecule is CCNC(=NCCCc1nnc2ccccn12)NC(C)c1ccc(C)o1. The summed E-state index contributed by atoms with van der Waals surface area (Å²) in [6.07, 6.45) is 3.73. The van der Waals surface area contributed by atoms with Gasteiger partial charge in [0.1, 0.15) is 17.3 Å². The van der Waals surface area contributed by atoms with Gasteiger partial charge in [0, 0.05) is 25.7 Å². The molecule has 7 nitrogen and oxygen atoms in total. The van der Waals surface area contributed by atoms with Crippen molar-refractivity contribution in [2.45, 2.75) is 39.7 Å². The summed E-state index contributed by atoms with van der Waals surface area (Å²) < 4.78 is 7.70. The second-order valence-corrected chi connectivity index (χ2v) is 6.22. The predicted octanol–water partition coefficient (Wildman–Crippen LogP) is 2.88. The topological polar surface area (TPSA) is 79.8 Å². The lowest BCUT2D eigenvalue weighted by Gasteiger charge is -2.16. The number of pyridine rings is 1. The van der Waals surface area contributed by atoms with Gasteiger partial charge in [0.25, 0.3) is 0 Å². The molecule has 138 valence electrons. The fourth-order valence-corrected chi connectivity index (χ4v) is 2.77. The van der Waals surface area contributed by atoms with Crippen molar-refractivity contribution in [1.29, 1.82) is 0 Å². The van der Waals surface area contributed by atoms with Crippen LogP contribution < -0.4 is 10.6 Å². The molecule has 1 unspecified atom stereocenters. The molecule has 0 saturated carbocycles. The fraction of sp³-hybridized carbons (Fsp3) is 0.421. The molecule has 0 spiro atoms. The van der Waals surface area contributed by atoms with Gasteiger partial charge in [-0.25, -0.2) is 0 Å². The third kappa shape index (κ3) is 4.41. The van der Waals surface area contributed by atoms with Crippen LogP contribution in [0.15, 0.2) is 45.9 Å². The van der Waals surface area contributed by atoms with Crippen LogP contribution in [0.3, 0.4) is 0 Å². The third-order valence-electron chi connectivity index (χ3n) is 4.10. The van der Waals surface area contributed by atoms with Gasteiger partial charge in [-0.3, -0.25) is 9.39 Å². The average molecular weight is 354 g/mol. The summed E-state index contributed by atoms with van der Waals surface area (Å²) in [6.45, 7) is 7.59. The smallest absolute Gasteiger partial charge is 0.191 e. The van der Waals surface area contributed by atoms with Crippen molar-refractivity contribution in [3.63, 3.8) is 0 Å². The molecule has 2 N–H and O–H groups in total. The highest BCUT2D eigenvalue weighted by molar-refractivity contribution is 5.80. The second kappa shape index (κ2) is 8.51. The van der Waals surface area contributed by atoms with E-state index in [-0.39, 0.29) is 6.04 Å². The zero-order valence-corrected chi connectivity index (χ0v) is 15.6. The Morgan fingerprint density at radius 3 is 2.92 bits per heavy atom. The van der Waals surface area contributed by atoms with Gasteiger partial charge in [0.15, 0.2) is 11.6 Å². The summed E-state index contributed by atoms with van der Waals surface area (Å²) in [5.74, 6) is 3.58. The minimum atomic E-state index is 0.0574. The minimum absolute atomic E-state index is 0.0574. The van der Waals surface area contributed by atoms with Crippen molar-refractivity contribution in [2.75, 3.05) is 13.1 Å². The number of nitrogens with one attached hydrogen (secondary N) is 2. The summed E-state index contributed by atoms with van der Waals surface area (Å²) in [4.78, 5) is 4.66. The van der Waals surface area contributed by atoms with E-state index < -0.39 is 0 Å². The first-order chi connectivity index (χ1) is 12.7. The average Bonchev–Trinajstić information content (AvgIpc) is 3.25. The molecule has 1 atom stereocenters. The zero-order valence-electron chi connectivity index (χ0n) is 15.6. The first-order valence-electron chi connectivity index (χ1n) is 9.07. The molecule has 7 heteroatoms. The first-order valence-corrected chi connectivity index (χ1v) is 9.07. The lowest BCUT2D eigenvalue weighted by atomic mass is 10.2. The van der Waals surface area contributed by atoms with Crippen molar-refractivity contribution in [3.8, 4) is 0 Å². The van der Waals surface area contributed by atoms with Crippen LogP contribution in [0.2, 0.25) is 0 Å². The largest absolute Gasteiger partial charge is 0.464 e. The van der Waals surface area contributed by atoms with Crippen LogP contribution in [-0.2, 0) is 6.42 Å². The molecule has 0 aromatic carbocycles. The fourth-order valence-electron chi connectivity index (χ4n) is 2.77. The number of aromatic nitrogens is 3. The molecule has 3 heterocycles. The van der Waals surface area contributed by atoms with Crippen LogP contribution in [0.5, 0.6) is 0 Å². The number of aliphatic imine (C=N–C) groups is 1. The summed E-state index contributed by atoms with van der Waals surface area (Å²) in [6, 6.07) is 9.94. The Kier molecular flexibility index (Phi) is 5.88. The number of guanidine groups is 1. The maximum Gasteiger partial charge on any atom is 0.191 e. The Bertz CT molecular complexity index is 866. The quantitative estimate of drug-likeness (QED) is 0.387. The van der Waals surface area contributed by atoms with Gasteiger partial charge in [-0.2, -0.15) is 0 Å². The molecule has 0 radical (unpaired) electrons. The number of fused-ring (bicyclic) bond motifs is 1. The maximum absolute atomic E-state index is 5.68. The number of hydrogen-bond acceptors (Lipinski definition) is 4. The highest BCUT2D eigenvalue weighted by Gasteiger charge is 2.11. The van der Waals surface area contributed by atoms with E-state index in [0.717, 1.165) is 48.3 Å². The van der Waals surface area contributed by atoms with E-state index in [9.17, 15) is 0 Å². The minimum Gasteiger partial charge on any atom is -0.464 e. The number of nitrogens with zero attached hydrogens (tertiary/aromatic N) is 4. The summed E-state index contributed by atoms with van der Waals surface area (Å²) in [5.41, 5.74) is 0.878. The van der Waals surface area contributed by atoms with Gasteiger partial charge in [0.2, 0.25) is 0 Å². The van der Waals surface area contributed by atoms with Gasteiger partial charge < -0.3 is 15.1 Å². The van der Waals surface area contributed by atoms with E-state index in [4.69, 9.17) is 4.42 Å². The molecule has 0 saturated heterocycles.